The maximum absolute atomic E-state index is 13.5. The SMILES string of the molecule is CC[C@H]1CCC[C@H](O)[C@@H](C)C(=O)[C@H]2C[C@@H]3[C@@H](C=C[C@@H]4C[C@@H](OC(=O)C(F)(F)F)C[C@@H]34)[C@@H]2CC(=O)O1. The number of esters is 2. The number of ether oxygens (including phenoxy) is 2. The molecular weight excluding hydrogens is 465 g/mol. The van der Waals surface area contributed by atoms with Crippen molar-refractivity contribution in [3.05, 3.63) is 12.2 Å². The lowest BCUT2D eigenvalue weighted by molar-refractivity contribution is -0.204. The summed E-state index contributed by atoms with van der Waals surface area (Å²) in [7, 11) is 0. The Kier molecular flexibility index (Phi) is 7.65. The first-order chi connectivity index (χ1) is 16.5. The van der Waals surface area contributed by atoms with Crippen molar-refractivity contribution in [1.29, 1.82) is 0 Å². The number of carbonyl (C=O) groups is 3. The van der Waals surface area contributed by atoms with E-state index in [2.05, 4.69) is 0 Å². The first-order valence-electron chi connectivity index (χ1n) is 12.9. The van der Waals surface area contributed by atoms with E-state index in [0.717, 1.165) is 0 Å². The summed E-state index contributed by atoms with van der Waals surface area (Å²) in [5.74, 6) is -3.94. The molecule has 0 aromatic rings. The molecule has 9 heteroatoms. The van der Waals surface area contributed by atoms with E-state index in [1.807, 2.05) is 19.1 Å². The third-order valence-electron chi connectivity index (χ3n) is 8.86. The van der Waals surface area contributed by atoms with Gasteiger partial charge in [0.15, 0.2) is 0 Å². The topological polar surface area (TPSA) is 89.9 Å². The van der Waals surface area contributed by atoms with Crippen LogP contribution < -0.4 is 0 Å². The van der Waals surface area contributed by atoms with E-state index in [0.29, 0.717) is 44.9 Å². The molecule has 2 saturated carbocycles. The number of halogens is 3. The minimum absolute atomic E-state index is 0.00258. The lowest BCUT2D eigenvalue weighted by Gasteiger charge is -2.33. The van der Waals surface area contributed by atoms with E-state index in [1.165, 1.54) is 0 Å². The third kappa shape index (κ3) is 5.44. The second kappa shape index (κ2) is 10.2. The van der Waals surface area contributed by atoms with Crippen molar-refractivity contribution in [3.8, 4) is 0 Å². The fourth-order valence-corrected chi connectivity index (χ4v) is 7.02. The van der Waals surface area contributed by atoms with Crippen LogP contribution in [0, 0.1) is 41.4 Å². The number of aliphatic hydroxyl groups is 1. The van der Waals surface area contributed by atoms with Gasteiger partial charge in [0.25, 0.3) is 0 Å². The van der Waals surface area contributed by atoms with E-state index in [4.69, 9.17) is 9.47 Å². The van der Waals surface area contributed by atoms with Gasteiger partial charge in [-0.1, -0.05) is 26.0 Å². The van der Waals surface area contributed by atoms with Crippen LogP contribution in [-0.4, -0.2) is 47.3 Å². The van der Waals surface area contributed by atoms with Crippen LogP contribution in [0.1, 0.15) is 65.2 Å². The van der Waals surface area contributed by atoms with Crippen molar-refractivity contribution < 1.29 is 42.1 Å². The molecule has 1 heterocycles. The lowest BCUT2D eigenvalue weighted by Crippen LogP contribution is -2.35. The van der Waals surface area contributed by atoms with Crippen molar-refractivity contribution in [2.75, 3.05) is 0 Å². The summed E-state index contributed by atoms with van der Waals surface area (Å²) in [6, 6.07) is 0. The van der Waals surface area contributed by atoms with Crippen molar-refractivity contribution in [2.45, 2.75) is 89.7 Å². The Bertz CT molecular complexity index is 855. The summed E-state index contributed by atoms with van der Waals surface area (Å²) in [5.41, 5.74) is 0. The highest BCUT2D eigenvalue weighted by Crippen LogP contribution is 2.56. The molecule has 0 bridgehead atoms. The number of allylic oxidation sites excluding steroid dienone is 2. The molecule has 3 aliphatic carbocycles. The molecule has 196 valence electrons. The van der Waals surface area contributed by atoms with E-state index >= 15 is 0 Å². The molecule has 35 heavy (non-hydrogen) atoms. The van der Waals surface area contributed by atoms with Gasteiger partial charge in [-0.15, -0.1) is 0 Å². The number of alkyl halides is 3. The predicted octanol–water partition coefficient (Wildman–Crippen LogP) is 4.39. The van der Waals surface area contributed by atoms with E-state index in [-0.39, 0.29) is 53.9 Å². The number of fused-ring (bicyclic) bond motifs is 5. The largest absolute Gasteiger partial charge is 0.490 e. The molecule has 1 saturated heterocycles. The van der Waals surface area contributed by atoms with Crippen LogP contribution in [-0.2, 0) is 23.9 Å². The van der Waals surface area contributed by atoms with Gasteiger partial charge in [0, 0.05) is 18.3 Å². The van der Waals surface area contributed by atoms with Crippen molar-refractivity contribution in [3.63, 3.8) is 0 Å². The molecule has 0 amide bonds. The second-order valence-corrected chi connectivity index (χ2v) is 10.9. The average molecular weight is 501 g/mol. The Balaban J connectivity index is 1.55. The van der Waals surface area contributed by atoms with Gasteiger partial charge >= 0.3 is 18.1 Å². The van der Waals surface area contributed by atoms with E-state index in [9.17, 15) is 32.7 Å². The number of carbonyl (C=O) groups excluding carboxylic acids is 3. The lowest BCUT2D eigenvalue weighted by atomic mass is 9.71. The van der Waals surface area contributed by atoms with Gasteiger partial charge in [0.2, 0.25) is 0 Å². The van der Waals surface area contributed by atoms with Gasteiger partial charge in [-0.25, -0.2) is 4.79 Å². The summed E-state index contributed by atoms with van der Waals surface area (Å²) in [6.07, 6.45) is 0.838. The average Bonchev–Trinajstić information content (AvgIpc) is 3.36. The van der Waals surface area contributed by atoms with Crippen LogP contribution in [0.5, 0.6) is 0 Å². The van der Waals surface area contributed by atoms with E-state index < -0.39 is 36.2 Å². The number of aliphatic hydroxyl groups excluding tert-OH is 1. The van der Waals surface area contributed by atoms with Gasteiger partial charge in [-0.2, -0.15) is 13.2 Å². The van der Waals surface area contributed by atoms with Crippen LogP contribution in [0.25, 0.3) is 0 Å². The Morgan fingerprint density at radius 1 is 1.11 bits per heavy atom. The zero-order chi connectivity index (χ0) is 25.5. The van der Waals surface area contributed by atoms with Crippen LogP contribution >= 0.6 is 0 Å². The number of hydrogen-bond donors (Lipinski definition) is 1. The highest BCUT2D eigenvalue weighted by molar-refractivity contribution is 5.85. The summed E-state index contributed by atoms with van der Waals surface area (Å²) < 4.78 is 48.6. The summed E-state index contributed by atoms with van der Waals surface area (Å²) >= 11 is 0. The normalized spacial score (nSPS) is 42.2. The standard InChI is InChI=1S/C26H35F3O6/c1-3-15-5-4-6-22(30)13(2)24(32)21-11-19-17(20(21)12-23(31)34-15)8-7-14-9-16(10-18(14)19)35-25(33)26(27,28)29/h7-8,13-22,30H,3-6,9-12H2,1-2H3/t13-,14-,15+,16-,17-,18-,19-,20+,21+,22+/m1/s1. The molecule has 4 rings (SSSR count). The molecule has 0 spiro atoms. The minimum Gasteiger partial charge on any atom is -0.462 e. The van der Waals surface area contributed by atoms with Gasteiger partial charge < -0.3 is 14.6 Å². The zero-order valence-corrected chi connectivity index (χ0v) is 20.2. The first kappa shape index (κ1) is 26.2. The van der Waals surface area contributed by atoms with Gasteiger partial charge in [0.05, 0.1) is 6.10 Å². The maximum atomic E-state index is 13.5. The van der Waals surface area contributed by atoms with Crippen LogP contribution in [0.15, 0.2) is 12.2 Å². The molecule has 0 aromatic heterocycles. The summed E-state index contributed by atoms with van der Waals surface area (Å²) in [6.45, 7) is 3.70. The smallest absolute Gasteiger partial charge is 0.462 e. The minimum atomic E-state index is -5.03. The molecule has 4 aliphatic rings. The number of hydrogen-bond acceptors (Lipinski definition) is 6. The zero-order valence-electron chi connectivity index (χ0n) is 20.2. The van der Waals surface area contributed by atoms with Crippen LogP contribution in [0.4, 0.5) is 13.2 Å². The second-order valence-electron chi connectivity index (χ2n) is 10.9. The number of Topliss-reactive ketones (excluding diaryl/α,β-unsaturated/α-hetero) is 1. The highest BCUT2D eigenvalue weighted by Gasteiger charge is 2.55. The Morgan fingerprint density at radius 2 is 1.86 bits per heavy atom. The highest BCUT2D eigenvalue weighted by atomic mass is 19.4. The molecule has 1 aliphatic heterocycles. The molecule has 0 aromatic carbocycles. The summed E-state index contributed by atoms with van der Waals surface area (Å²) in [4.78, 5) is 37.7. The Labute approximate surface area is 203 Å². The number of ketones is 1. The molecule has 6 nitrogen and oxygen atoms in total. The fourth-order valence-electron chi connectivity index (χ4n) is 7.02. The van der Waals surface area contributed by atoms with Crippen molar-refractivity contribution in [1.82, 2.24) is 0 Å². The van der Waals surface area contributed by atoms with E-state index in [1.54, 1.807) is 6.92 Å². The monoisotopic (exact) mass is 500 g/mol. The predicted molar refractivity (Wildman–Crippen MR) is 119 cm³/mol. The van der Waals surface area contributed by atoms with Crippen LogP contribution in [0.3, 0.4) is 0 Å². The quantitative estimate of drug-likeness (QED) is 0.447. The molecule has 10 atom stereocenters. The maximum Gasteiger partial charge on any atom is 0.490 e. The Hall–Kier alpha value is -1.90. The molecule has 1 N–H and O–H groups in total. The fraction of sp³-hybridized carbons (Fsp3) is 0.808. The molecular formula is C26H35F3O6. The third-order valence-corrected chi connectivity index (χ3v) is 8.86. The Morgan fingerprint density at radius 3 is 2.54 bits per heavy atom. The summed E-state index contributed by atoms with van der Waals surface area (Å²) in [5, 5.41) is 10.7. The molecule has 0 unspecified atom stereocenters. The number of rotatable bonds is 2. The first-order valence-corrected chi connectivity index (χ1v) is 12.9. The van der Waals surface area contributed by atoms with Gasteiger partial charge in [0.1, 0.15) is 18.0 Å². The number of cyclic esters (lactones) is 1. The van der Waals surface area contributed by atoms with Crippen LogP contribution in [0.2, 0.25) is 0 Å². The van der Waals surface area contributed by atoms with Gasteiger partial charge in [-0.05, 0) is 74.5 Å². The van der Waals surface area contributed by atoms with Gasteiger partial charge in [-0.3, -0.25) is 9.59 Å². The van der Waals surface area contributed by atoms with Crippen molar-refractivity contribution >= 4 is 17.7 Å². The molecule has 0 radical (unpaired) electrons. The van der Waals surface area contributed by atoms with Crippen molar-refractivity contribution in [2.24, 2.45) is 41.4 Å². The molecule has 3 fully saturated rings.